The van der Waals surface area contributed by atoms with Gasteiger partial charge in [-0.1, -0.05) is 31.4 Å². The summed E-state index contributed by atoms with van der Waals surface area (Å²) in [7, 11) is 0. The molecule has 1 heteroatoms. The van der Waals surface area contributed by atoms with Crippen molar-refractivity contribution in [2.75, 3.05) is 0 Å². The van der Waals surface area contributed by atoms with Gasteiger partial charge in [-0.3, -0.25) is 4.99 Å². The van der Waals surface area contributed by atoms with Crippen molar-refractivity contribution in [2.45, 2.75) is 70.3 Å². The van der Waals surface area contributed by atoms with Crippen LogP contribution >= 0.6 is 0 Å². The minimum atomic E-state index is 0.662. The van der Waals surface area contributed by atoms with Crippen molar-refractivity contribution in [1.82, 2.24) is 0 Å². The summed E-state index contributed by atoms with van der Waals surface area (Å²) < 4.78 is 0. The van der Waals surface area contributed by atoms with Crippen LogP contribution in [0.5, 0.6) is 0 Å². The normalized spacial score (nSPS) is 31.1. The molecule has 0 aromatic rings. The van der Waals surface area contributed by atoms with E-state index in [1.807, 2.05) is 0 Å². The summed E-state index contributed by atoms with van der Waals surface area (Å²) in [6.07, 6.45) is 20.4. The highest BCUT2D eigenvalue weighted by atomic mass is 14.8. The average Bonchev–Trinajstić information content (AvgIpc) is 2.29. The zero-order valence-electron chi connectivity index (χ0n) is 10.4. The predicted molar refractivity (Wildman–Crippen MR) is 71.1 cm³/mol. The molecule has 0 amide bonds. The van der Waals surface area contributed by atoms with Crippen LogP contribution in [-0.2, 0) is 0 Å². The summed E-state index contributed by atoms with van der Waals surface area (Å²) in [5, 5.41) is 0. The lowest BCUT2D eigenvalue weighted by atomic mass is 9.94. The first-order chi connectivity index (χ1) is 7.95. The first-order valence-electron chi connectivity index (χ1n) is 7.13. The van der Waals surface area contributed by atoms with Gasteiger partial charge in [-0.25, -0.2) is 0 Å². The van der Waals surface area contributed by atoms with Crippen LogP contribution in [0.3, 0.4) is 0 Å². The van der Waals surface area contributed by atoms with Crippen LogP contribution in [0.25, 0.3) is 0 Å². The molecule has 1 fully saturated rings. The Hall–Kier alpha value is -0.590. The second-order valence-electron chi connectivity index (χ2n) is 5.33. The summed E-state index contributed by atoms with van der Waals surface area (Å²) >= 11 is 0. The Morgan fingerprint density at radius 2 is 1.62 bits per heavy atom. The molecular formula is C15H25N. The second-order valence-corrected chi connectivity index (χ2v) is 5.33. The third kappa shape index (κ3) is 4.11. The van der Waals surface area contributed by atoms with Crippen molar-refractivity contribution in [3.8, 4) is 0 Å². The van der Waals surface area contributed by atoms with Gasteiger partial charge in [0.15, 0.2) is 0 Å². The lowest BCUT2D eigenvalue weighted by molar-refractivity contribution is 0.441. The van der Waals surface area contributed by atoms with Gasteiger partial charge in [0, 0.05) is 12.3 Å². The molecule has 0 heterocycles. The second kappa shape index (κ2) is 6.88. The largest absolute Gasteiger partial charge is 0.294 e. The van der Waals surface area contributed by atoms with E-state index in [9.17, 15) is 0 Å². The zero-order chi connectivity index (χ0) is 11.1. The molecule has 2 aliphatic rings. The van der Waals surface area contributed by atoms with E-state index in [0.29, 0.717) is 6.04 Å². The van der Waals surface area contributed by atoms with Crippen molar-refractivity contribution in [2.24, 2.45) is 10.9 Å². The molecule has 0 spiro atoms. The maximum Gasteiger partial charge on any atom is 0.0495 e. The maximum absolute atomic E-state index is 4.83. The first kappa shape index (κ1) is 11.9. The van der Waals surface area contributed by atoms with Crippen molar-refractivity contribution in [3.63, 3.8) is 0 Å². The molecule has 0 aliphatic heterocycles. The van der Waals surface area contributed by atoms with Gasteiger partial charge in [0.1, 0.15) is 0 Å². The number of aliphatic imine (C=N–C) groups is 1. The van der Waals surface area contributed by atoms with Crippen LogP contribution < -0.4 is 0 Å². The highest BCUT2D eigenvalue weighted by Gasteiger charge is 2.12. The Bertz CT molecular complexity index is 236. The van der Waals surface area contributed by atoms with E-state index in [0.717, 1.165) is 5.92 Å². The molecule has 0 aromatic heterocycles. The highest BCUT2D eigenvalue weighted by Crippen LogP contribution is 2.22. The molecule has 1 unspecified atom stereocenters. The molecule has 0 radical (unpaired) electrons. The van der Waals surface area contributed by atoms with E-state index in [1.165, 1.54) is 64.2 Å². The van der Waals surface area contributed by atoms with Crippen molar-refractivity contribution < 1.29 is 0 Å². The van der Waals surface area contributed by atoms with Gasteiger partial charge in [0.05, 0.1) is 0 Å². The van der Waals surface area contributed by atoms with Gasteiger partial charge in [-0.2, -0.15) is 0 Å². The smallest absolute Gasteiger partial charge is 0.0495 e. The number of nitrogens with zero attached hydrogens (tertiary/aromatic N) is 1. The average molecular weight is 219 g/mol. The van der Waals surface area contributed by atoms with E-state index in [1.54, 1.807) is 0 Å². The molecule has 1 nitrogen and oxygen atoms in total. The van der Waals surface area contributed by atoms with Crippen LogP contribution in [0, 0.1) is 5.92 Å². The SMILES string of the molecule is C1=C\CCC(/C=N\C2CCCCC2)CCC/1. The highest BCUT2D eigenvalue weighted by molar-refractivity contribution is 5.61. The molecule has 16 heavy (non-hydrogen) atoms. The van der Waals surface area contributed by atoms with Crippen molar-refractivity contribution in [1.29, 1.82) is 0 Å². The number of hydrogen-bond acceptors (Lipinski definition) is 1. The van der Waals surface area contributed by atoms with E-state index in [-0.39, 0.29) is 0 Å². The Kier molecular flexibility index (Phi) is 5.11. The van der Waals surface area contributed by atoms with Gasteiger partial charge < -0.3 is 0 Å². The molecular weight excluding hydrogens is 194 g/mol. The lowest BCUT2D eigenvalue weighted by Crippen LogP contribution is -2.12. The van der Waals surface area contributed by atoms with Gasteiger partial charge in [-0.15, -0.1) is 0 Å². The van der Waals surface area contributed by atoms with Gasteiger partial charge in [0.2, 0.25) is 0 Å². The fraction of sp³-hybridized carbons (Fsp3) is 0.800. The van der Waals surface area contributed by atoms with Crippen molar-refractivity contribution in [3.05, 3.63) is 12.2 Å². The minimum Gasteiger partial charge on any atom is -0.294 e. The van der Waals surface area contributed by atoms with Gasteiger partial charge in [0.25, 0.3) is 0 Å². The Balaban J connectivity index is 1.77. The van der Waals surface area contributed by atoms with E-state index < -0.39 is 0 Å². The topological polar surface area (TPSA) is 12.4 Å². The lowest BCUT2D eigenvalue weighted by Gasteiger charge is -2.19. The number of allylic oxidation sites excluding steroid dienone is 2. The summed E-state index contributed by atoms with van der Waals surface area (Å²) in [5.74, 6) is 0.756. The maximum atomic E-state index is 4.83. The number of hydrogen-bond donors (Lipinski definition) is 0. The monoisotopic (exact) mass is 219 g/mol. The first-order valence-corrected chi connectivity index (χ1v) is 7.13. The fourth-order valence-electron chi connectivity index (χ4n) is 2.81. The summed E-state index contributed by atoms with van der Waals surface area (Å²) in [5.41, 5.74) is 0. The Labute approximate surface area is 100 Å². The molecule has 90 valence electrons. The van der Waals surface area contributed by atoms with Crippen LogP contribution in [0.2, 0.25) is 0 Å². The predicted octanol–water partition coefficient (Wildman–Crippen LogP) is 4.53. The molecule has 0 aromatic carbocycles. The molecule has 2 aliphatic carbocycles. The summed E-state index contributed by atoms with van der Waals surface area (Å²) in [6, 6.07) is 0.662. The van der Waals surface area contributed by atoms with Gasteiger partial charge in [-0.05, 0) is 50.9 Å². The molecule has 1 atom stereocenters. The molecule has 1 saturated carbocycles. The van der Waals surface area contributed by atoms with Crippen molar-refractivity contribution >= 4 is 6.21 Å². The summed E-state index contributed by atoms with van der Waals surface area (Å²) in [4.78, 5) is 4.83. The van der Waals surface area contributed by atoms with E-state index in [2.05, 4.69) is 18.4 Å². The molecule has 0 N–H and O–H groups in total. The number of rotatable bonds is 2. The molecule has 0 bridgehead atoms. The Morgan fingerprint density at radius 3 is 2.50 bits per heavy atom. The third-order valence-electron chi connectivity index (χ3n) is 3.90. The quantitative estimate of drug-likeness (QED) is 0.478. The van der Waals surface area contributed by atoms with Gasteiger partial charge >= 0.3 is 0 Å². The van der Waals surface area contributed by atoms with Crippen LogP contribution in [0.15, 0.2) is 17.1 Å². The fourth-order valence-corrected chi connectivity index (χ4v) is 2.81. The van der Waals surface area contributed by atoms with E-state index >= 15 is 0 Å². The van der Waals surface area contributed by atoms with Crippen LogP contribution in [0.1, 0.15) is 64.2 Å². The molecule has 2 rings (SSSR count). The third-order valence-corrected chi connectivity index (χ3v) is 3.90. The van der Waals surface area contributed by atoms with Crippen LogP contribution in [0.4, 0.5) is 0 Å². The summed E-state index contributed by atoms with van der Waals surface area (Å²) in [6.45, 7) is 0. The van der Waals surface area contributed by atoms with Crippen LogP contribution in [-0.4, -0.2) is 12.3 Å². The standard InChI is InChI=1S/C15H25N/c1-2-5-9-14(10-6-3-1)13-16-15-11-7-4-8-12-15/h1-2,13-15H,3-12H2/b2-1-,16-13-. The van der Waals surface area contributed by atoms with E-state index in [4.69, 9.17) is 4.99 Å². The minimum absolute atomic E-state index is 0.662. The molecule has 0 saturated heterocycles. The Morgan fingerprint density at radius 1 is 0.812 bits per heavy atom. The zero-order valence-corrected chi connectivity index (χ0v) is 10.4.